The largest absolute Gasteiger partial charge is 0.492 e. The molecule has 170 valence electrons. The lowest BCUT2D eigenvalue weighted by Gasteiger charge is -2.20. The van der Waals surface area contributed by atoms with Gasteiger partial charge in [0.25, 0.3) is 0 Å². The number of hydrogen-bond donors (Lipinski definition) is 1. The Morgan fingerprint density at radius 3 is 2.82 bits per heavy atom. The van der Waals surface area contributed by atoms with Gasteiger partial charge in [0.05, 0.1) is 18.5 Å². The van der Waals surface area contributed by atoms with Gasteiger partial charge in [0.1, 0.15) is 17.6 Å². The molecule has 10 heteroatoms. The second-order valence-electron chi connectivity index (χ2n) is 8.82. The van der Waals surface area contributed by atoms with Crippen LogP contribution in [-0.2, 0) is 16.8 Å². The third kappa shape index (κ3) is 3.60. The summed E-state index contributed by atoms with van der Waals surface area (Å²) in [4.78, 5) is 22.3. The molecule has 33 heavy (non-hydrogen) atoms. The lowest BCUT2D eigenvalue weighted by atomic mass is 10.0. The van der Waals surface area contributed by atoms with Crippen molar-refractivity contribution in [2.75, 3.05) is 6.61 Å². The molecule has 0 fully saturated rings. The van der Waals surface area contributed by atoms with Crippen LogP contribution >= 0.6 is 11.3 Å². The van der Waals surface area contributed by atoms with Crippen LogP contribution in [0.1, 0.15) is 38.6 Å². The zero-order valence-electron chi connectivity index (χ0n) is 18.9. The van der Waals surface area contributed by atoms with Gasteiger partial charge in [-0.1, -0.05) is 6.07 Å². The number of fused-ring (bicyclic) bond motifs is 3. The summed E-state index contributed by atoms with van der Waals surface area (Å²) in [6.07, 6.45) is 5.91. The topological polar surface area (TPSA) is 114 Å². The summed E-state index contributed by atoms with van der Waals surface area (Å²) in [6, 6.07) is 6.25. The van der Waals surface area contributed by atoms with Crippen molar-refractivity contribution in [3.8, 4) is 39.0 Å². The first-order chi connectivity index (χ1) is 15.8. The number of carbonyl (C=O) groups is 1. The van der Waals surface area contributed by atoms with Crippen LogP contribution in [0.2, 0.25) is 0 Å². The summed E-state index contributed by atoms with van der Waals surface area (Å²) >= 11 is 1.64. The number of hydrogen-bond acceptors (Lipinski definition) is 7. The monoisotopic (exact) mass is 463 g/mol. The minimum absolute atomic E-state index is 0.199. The summed E-state index contributed by atoms with van der Waals surface area (Å²) in [5.41, 5.74) is 8.32. The molecule has 0 bridgehead atoms. The predicted molar refractivity (Wildman–Crippen MR) is 126 cm³/mol. The highest BCUT2D eigenvalue weighted by molar-refractivity contribution is 7.15. The predicted octanol–water partition coefficient (Wildman–Crippen LogP) is 3.67. The van der Waals surface area contributed by atoms with Crippen molar-refractivity contribution in [3.05, 3.63) is 41.8 Å². The van der Waals surface area contributed by atoms with Crippen molar-refractivity contribution in [3.63, 3.8) is 0 Å². The number of nitrogens with zero attached hydrogens (tertiary/aromatic N) is 6. The van der Waals surface area contributed by atoms with Gasteiger partial charge in [-0.2, -0.15) is 10.2 Å². The van der Waals surface area contributed by atoms with E-state index < -0.39 is 11.4 Å². The molecule has 0 atom stereocenters. The van der Waals surface area contributed by atoms with Crippen molar-refractivity contribution in [1.82, 2.24) is 29.5 Å². The Labute approximate surface area is 195 Å². The smallest absolute Gasteiger partial charge is 0.244 e. The molecule has 3 aromatic heterocycles. The molecule has 1 aliphatic rings. The molecule has 0 spiro atoms. The molecule has 0 radical (unpaired) electrons. The van der Waals surface area contributed by atoms with Crippen molar-refractivity contribution in [1.29, 1.82) is 0 Å². The quantitative estimate of drug-likeness (QED) is 0.483. The van der Waals surface area contributed by atoms with E-state index in [0.29, 0.717) is 6.61 Å². The molecule has 2 N–H and O–H groups in total. The van der Waals surface area contributed by atoms with Crippen molar-refractivity contribution in [2.45, 2.75) is 45.7 Å². The van der Waals surface area contributed by atoms with E-state index in [1.165, 1.54) is 4.88 Å². The summed E-state index contributed by atoms with van der Waals surface area (Å²) in [6.45, 7) is 8.21. The normalized spacial score (nSPS) is 13.4. The van der Waals surface area contributed by atoms with Gasteiger partial charge < -0.3 is 10.5 Å². The summed E-state index contributed by atoms with van der Waals surface area (Å²) < 4.78 is 9.57. The zero-order valence-corrected chi connectivity index (χ0v) is 19.8. The maximum atomic E-state index is 11.8. The molecule has 4 aromatic rings. The maximum absolute atomic E-state index is 11.8. The summed E-state index contributed by atoms with van der Waals surface area (Å²) in [7, 11) is 0. The Hall–Kier alpha value is -3.53. The van der Waals surface area contributed by atoms with Gasteiger partial charge in [-0.15, -0.1) is 11.3 Å². The van der Waals surface area contributed by atoms with Crippen LogP contribution < -0.4 is 10.5 Å². The molecule has 0 aliphatic carbocycles. The van der Waals surface area contributed by atoms with Gasteiger partial charge in [-0.05, 0) is 45.4 Å². The van der Waals surface area contributed by atoms with Gasteiger partial charge in [0, 0.05) is 34.7 Å². The Bertz CT molecular complexity index is 1350. The van der Waals surface area contributed by atoms with Crippen LogP contribution in [0.25, 0.3) is 33.2 Å². The molecule has 0 unspecified atom stereocenters. The zero-order chi connectivity index (χ0) is 23.3. The third-order valence-corrected chi connectivity index (χ3v) is 6.98. The number of thiazole rings is 1. The first-order valence-corrected chi connectivity index (χ1v) is 11.6. The molecule has 9 nitrogen and oxygen atoms in total. The van der Waals surface area contributed by atoms with Crippen molar-refractivity contribution >= 4 is 17.2 Å². The van der Waals surface area contributed by atoms with E-state index in [9.17, 15) is 4.79 Å². The van der Waals surface area contributed by atoms with E-state index in [0.717, 1.165) is 45.4 Å². The lowest BCUT2D eigenvalue weighted by Crippen LogP contribution is -2.41. The van der Waals surface area contributed by atoms with E-state index in [2.05, 4.69) is 29.0 Å². The van der Waals surface area contributed by atoms with Crippen LogP contribution in [0.4, 0.5) is 0 Å². The summed E-state index contributed by atoms with van der Waals surface area (Å²) in [5.74, 6) is 1.12. The molecule has 1 aliphatic heterocycles. The molecule has 4 heterocycles. The number of amides is 1. The minimum Gasteiger partial charge on any atom is -0.492 e. The highest BCUT2D eigenvalue weighted by atomic mass is 32.1. The maximum Gasteiger partial charge on any atom is 0.244 e. The molecule has 1 aromatic carbocycles. The van der Waals surface area contributed by atoms with E-state index >= 15 is 0 Å². The van der Waals surface area contributed by atoms with Crippen molar-refractivity contribution in [2.24, 2.45) is 5.73 Å². The molecule has 0 saturated carbocycles. The van der Waals surface area contributed by atoms with Gasteiger partial charge in [0.2, 0.25) is 5.91 Å². The van der Waals surface area contributed by atoms with Crippen LogP contribution in [0.3, 0.4) is 0 Å². The van der Waals surface area contributed by atoms with Crippen molar-refractivity contribution < 1.29 is 9.53 Å². The lowest BCUT2D eigenvalue weighted by molar-refractivity contribution is -0.125. The van der Waals surface area contributed by atoms with Gasteiger partial charge >= 0.3 is 0 Å². The van der Waals surface area contributed by atoms with E-state index in [4.69, 9.17) is 15.5 Å². The standard InChI is InChI=1S/C23H25N7O2S/c1-13(2)30-20(25-12-27-30)21-28-19-16-6-5-14(9-17(16)32-8-7-18(19)33-21)15-10-26-29(11-15)23(3,4)22(24)31/h5-6,9-13H,7-8H2,1-4H3,(H2,24,31). The highest BCUT2D eigenvalue weighted by Gasteiger charge is 2.28. The Morgan fingerprint density at radius 1 is 1.24 bits per heavy atom. The number of benzene rings is 1. The Kier molecular flexibility index (Phi) is 5.04. The van der Waals surface area contributed by atoms with Crippen LogP contribution in [0.15, 0.2) is 36.9 Å². The second kappa shape index (κ2) is 7.80. The van der Waals surface area contributed by atoms with E-state index in [1.807, 2.05) is 29.1 Å². The van der Waals surface area contributed by atoms with Gasteiger partial charge in [-0.25, -0.2) is 14.6 Å². The van der Waals surface area contributed by atoms with E-state index in [-0.39, 0.29) is 6.04 Å². The number of rotatable bonds is 5. The molecule has 0 saturated heterocycles. The number of ether oxygens (including phenoxy) is 1. The first-order valence-electron chi connectivity index (χ1n) is 10.8. The average Bonchev–Trinajstić information content (AvgIpc) is 3.51. The highest BCUT2D eigenvalue weighted by Crippen LogP contribution is 2.41. The molecule has 1 amide bonds. The number of aromatic nitrogens is 6. The fraction of sp³-hybridized carbons (Fsp3) is 0.348. The SMILES string of the molecule is CC(C)n1ncnc1-c1nc2c(s1)CCOc1cc(-c3cnn(C(C)(C)C(N)=O)c3)ccc1-2. The number of primary amides is 1. The number of nitrogens with two attached hydrogens (primary N) is 1. The van der Waals surface area contributed by atoms with Crippen LogP contribution in [-0.4, -0.2) is 42.0 Å². The molecular weight excluding hydrogens is 438 g/mol. The Morgan fingerprint density at radius 2 is 2.06 bits per heavy atom. The minimum atomic E-state index is -0.914. The second-order valence-corrected chi connectivity index (χ2v) is 9.90. The fourth-order valence-electron chi connectivity index (χ4n) is 3.77. The van der Waals surface area contributed by atoms with Gasteiger partial charge in [-0.3, -0.25) is 9.48 Å². The van der Waals surface area contributed by atoms with E-state index in [1.54, 1.807) is 42.4 Å². The fourth-order valence-corrected chi connectivity index (χ4v) is 4.82. The summed E-state index contributed by atoms with van der Waals surface area (Å²) in [5, 5.41) is 9.56. The Balaban J connectivity index is 1.53. The van der Waals surface area contributed by atoms with Crippen LogP contribution in [0.5, 0.6) is 5.75 Å². The third-order valence-electron chi connectivity index (χ3n) is 5.87. The van der Waals surface area contributed by atoms with Gasteiger partial charge in [0.15, 0.2) is 10.8 Å². The first kappa shape index (κ1) is 21.3. The van der Waals surface area contributed by atoms with Crippen LogP contribution in [0, 0.1) is 0 Å². The average molecular weight is 464 g/mol. The molecule has 5 rings (SSSR count). The number of carbonyl (C=O) groups excluding carboxylic acids is 1. The molecular formula is C23H25N7O2S.